The molecule has 1 aromatic carbocycles. The normalized spacial score (nSPS) is 21.1. The standard InChI is InChI=1S/C15H24BNO2/c1-10(2)12-8-7-11(9-13(12)17)16-18-14(3,4)15(5,6)19-16/h7-10H,17H2,1-6H3. The minimum Gasteiger partial charge on any atom is -0.399 e. The number of nitrogen functional groups attached to an aromatic ring is 1. The third-order valence-electron chi connectivity index (χ3n) is 4.26. The van der Waals surface area contributed by atoms with Crippen LogP contribution in [-0.4, -0.2) is 18.3 Å². The first-order valence-electron chi connectivity index (χ1n) is 6.89. The molecule has 0 bridgehead atoms. The number of nitrogens with two attached hydrogens (primary N) is 1. The van der Waals surface area contributed by atoms with E-state index < -0.39 is 0 Å². The van der Waals surface area contributed by atoms with E-state index in [4.69, 9.17) is 15.0 Å². The molecule has 0 spiro atoms. The second-order valence-electron chi connectivity index (χ2n) is 6.63. The summed E-state index contributed by atoms with van der Waals surface area (Å²) in [6, 6.07) is 6.09. The number of anilines is 1. The topological polar surface area (TPSA) is 44.5 Å². The van der Waals surface area contributed by atoms with Crippen molar-refractivity contribution in [1.29, 1.82) is 0 Å². The van der Waals surface area contributed by atoms with Gasteiger partial charge in [0.2, 0.25) is 0 Å². The summed E-state index contributed by atoms with van der Waals surface area (Å²) in [5, 5.41) is 0. The summed E-state index contributed by atoms with van der Waals surface area (Å²) in [4.78, 5) is 0. The summed E-state index contributed by atoms with van der Waals surface area (Å²) in [6.45, 7) is 12.5. The predicted molar refractivity (Wildman–Crippen MR) is 80.7 cm³/mol. The predicted octanol–water partition coefficient (Wildman–Crippen LogP) is 2.69. The van der Waals surface area contributed by atoms with Crippen LogP contribution in [0.2, 0.25) is 0 Å². The van der Waals surface area contributed by atoms with Gasteiger partial charge in [-0.1, -0.05) is 26.0 Å². The summed E-state index contributed by atoms with van der Waals surface area (Å²) in [7, 11) is -0.339. The number of hydrogen-bond acceptors (Lipinski definition) is 3. The molecular formula is C15H24BNO2. The molecule has 1 aromatic rings. The van der Waals surface area contributed by atoms with Crippen molar-refractivity contribution < 1.29 is 9.31 Å². The van der Waals surface area contributed by atoms with Gasteiger partial charge in [-0.2, -0.15) is 0 Å². The summed E-state index contributed by atoms with van der Waals surface area (Å²) < 4.78 is 12.1. The summed E-state index contributed by atoms with van der Waals surface area (Å²) in [5.41, 5.74) is 8.44. The van der Waals surface area contributed by atoms with Crippen molar-refractivity contribution in [3.63, 3.8) is 0 Å². The zero-order valence-electron chi connectivity index (χ0n) is 12.8. The lowest BCUT2D eigenvalue weighted by Gasteiger charge is -2.32. The first kappa shape index (κ1) is 14.4. The third-order valence-corrected chi connectivity index (χ3v) is 4.26. The Morgan fingerprint density at radius 1 is 1.05 bits per heavy atom. The molecule has 0 radical (unpaired) electrons. The fourth-order valence-electron chi connectivity index (χ4n) is 2.24. The molecule has 1 fully saturated rings. The van der Waals surface area contributed by atoms with Gasteiger partial charge in [0.15, 0.2) is 0 Å². The van der Waals surface area contributed by atoms with Crippen molar-refractivity contribution in [3.05, 3.63) is 23.8 Å². The lowest BCUT2D eigenvalue weighted by atomic mass is 9.78. The van der Waals surface area contributed by atoms with Gasteiger partial charge in [0.1, 0.15) is 0 Å². The van der Waals surface area contributed by atoms with Gasteiger partial charge in [-0.25, -0.2) is 0 Å². The second-order valence-corrected chi connectivity index (χ2v) is 6.63. The number of benzene rings is 1. The Bertz CT molecular complexity index is 467. The van der Waals surface area contributed by atoms with Crippen LogP contribution < -0.4 is 11.2 Å². The molecule has 1 aliphatic rings. The van der Waals surface area contributed by atoms with E-state index in [2.05, 4.69) is 47.6 Å². The minimum absolute atomic E-state index is 0.316. The van der Waals surface area contributed by atoms with Gasteiger partial charge in [-0.15, -0.1) is 0 Å². The first-order chi connectivity index (χ1) is 8.64. The van der Waals surface area contributed by atoms with E-state index in [1.54, 1.807) is 0 Å². The van der Waals surface area contributed by atoms with Crippen LogP contribution in [-0.2, 0) is 9.31 Å². The van der Waals surface area contributed by atoms with Crippen molar-refractivity contribution >= 4 is 18.3 Å². The fraction of sp³-hybridized carbons (Fsp3) is 0.600. The highest BCUT2D eigenvalue weighted by atomic mass is 16.7. The van der Waals surface area contributed by atoms with Crippen LogP contribution in [0.5, 0.6) is 0 Å². The van der Waals surface area contributed by atoms with Crippen molar-refractivity contribution in [3.8, 4) is 0 Å². The van der Waals surface area contributed by atoms with Gasteiger partial charge < -0.3 is 15.0 Å². The molecule has 19 heavy (non-hydrogen) atoms. The maximum atomic E-state index is 6.11. The molecule has 3 nitrogen and oxygen atoms in total. The Kier molecular flexibility index (Phi) is 3.44. The Morgan fingerprint density at radius 2 is 1.58 bits per heavy atom. The highest BCUT2D eigenvalue weighted by Gasteiger charge is 2.51. The van der Waals surface area contributed by atoms with Crippen molar-refractivity contribution in [1.82, 2.24) is 0 Å². The van der Waals surface area contributed by atoms with E-state index in [-0.39, 0.29) is 18.3 Å². The third kappa shape index (κ3) is 2.52. The Balaban J connectivity index is 2.28. The second kappa shape index (κ2) is 4.53. The van der Waals surface area contributed by atoms with Gasteiger partial charge in [0, 0.05) is 5.69 Å². The van der Waals surface area contributed by atoms with Gasteiger partial charge in [0.05, 0.1) is 11.2 Å². The van der Waals surface area contributed by atoms with Crippen molar-refractivity contribution in [2.24, 2.45) is 0 Å². The first-order valence-corrected chi connectivity index (χ1v) is 6.89. The zero-order valence-corrected chi connectivity index (χ0v) is 12.8. The molecular weight excluding hydrogens is 237 g/mol. The minimum atomic E-state index is -0.339. The maximum absolute atomic E-state index is 6.11. The van der Waals surface area contributed by atoms with Crippen molar-refractivity contribution in [2.75, 3.05) is 5.73 Å². The lowest BCUT2D eigenvalue weighted by Crippen LogP contribution is -2.41. The number of rotatable bonds is 2. The molecule has 0 amide bonds. The average molecular weight is 261 g/mol. The Hall–Kier alpha value is -0.995. The summed E-state index contributed by atoms with van der Waals surface area (Å²) >= 11 is 0. The SMILES string of the molecule is CC(C)c1ccc(B2OC(C)(C)C(C)(C)O2)cc1N. The van der Waals surface area contributed by atoms with Gasteiger partial charge in [0.25, 0.3) is 0 Å². The van der Waals surface area contributed by atoms with Crippen molar-refractivity contribution in [2.45, 2.75) is 58.7 Å². The van der Waals surface area contributed by atoms with Crippen LogP contribution in [0.25, 0.3) is 0 Å². The van der Waals surface area contributed by atoms with Crippen LogP contribution in [0.3, 0.4) is 0 Å². The van der Waals surface area contributed by atoms with Crippen LogP contribution in [0.1, 0.15) is 53.0 Å². The molecule has 1 saturated heterocycles. The largest absolute Gasteiger partial charge is 0.494 e. The average Bonchev–Trinajstić information content (AvgIpc) is 2.47. The van der Waals surface area contributed by atoms with E-state index in [1.807, 2.05) is 12.1 Å². The molecule has 0 aromatic heterocycles. The van der Waals surface area contributed by atoms with Crippen LogP contribution >= 0.6 is 0 Å². The number of hydrogen-bond donors (Lipinski definition) is 1. The molecule has 0 saturated carbocycles. The molecule has 104 valence electrons. The molecule has 0 unspecified atom stereocenters. The maximum Gasteiger partial charge on any atom is 0.494 e. The molecule has 4 heteroatoms. The van der Waals surface area contributed by atoms with Crippen LogP contribution in [0.4, 0.5) is 5.69 Å². The fourth-order valence-corrected chi connectivity index (χ4v) is 2.24. The smallest absolute Gasteiger partial charge is 0.399 e. The van der Waals surface area contributed by atoms with E-state index in [1.165, 1.54) is 5.56 Å². The molecule has 2 N–H and O–H groups in total. The van der Waals surface area contributed by atoms with Gasteiger partial charge >= 0.3 is 7.12 Å². The Morgan fingerprint density at radius 3 is 2.00 bits per heavy atom. The van der Waals surface area contributed by atoms with Crippen LogP contribution in [0, 0.1) is 0 Å². The molecule has 1 heterocycles. The molecule has 0 aliphatic carbocycles. The van der Waals surface area contributed by atoms with Crippen LogP contribution in [0.15, 0.2) is 18.2 Å². The van der Waals surface area contributed by atoms with Gasteiger partial charge in [-0.05, 0) is 50.7 Å². The zero-order chi connectivity index (χ0) is 14.4. The highest BCUT2D eigenvalue weighted by molar-refractivity contribution is 6.62. The summed E-state index contributed by atoms with van der Waals surface area (Å²) in [6.07, 6.45) is 0. The monoisotopic (exact) mass is 261 g/mol. The molecule has 1 aliphatic heterocycles. The van der Waals surface area contributed by atoms with Gasteiger partial charge in [-0.3, -0.25) is 0 Å². The molecule has 2 rings (SSSR count). The lowest BCUT2D eigenvalue weighted by molar-refractivity contribution is 0.00578. The summed E-state index contributed by atoms with van der Waals surface area (Å²) in [5.74, 6) is 0.423. The molecule has 0 atom stereocenters. The van der Waals surface area contributed by atoms with E-state index in [0.717, 1.165) is 11.2 Å². The van der Waals surface area contributed by atoms with E-state index >= 15 is 0 Å². The quantitative estimate of drug-likeness (QED) is 0.657. The highest BCUT2D eigenvalue weighted by Crippen LogP contribution is 2.36. The van der Waals surface area contributed by atoms with E-state index in [0.29, 0.717) is 5.92 Å². The van der Waals surface area contributed by atoms with E-state index in [9.17, 15) is 0 Å². The Labute approximate surface area is 116 Å².